The minimum Gasteiger partial charge on any atom is -0.319 e. The number of nitrogens with zero attached hydrogens (tertiary/aromatic N) is 1. The third kappa shape index (κ3) is 2.12. The average molecular weight is 173 g/mol. The molecule has 1 heterocycles. The van der Waals surface area contributed by atoms with Crippen molar-refractivity contribution in [3.63, 3.8) is 0 Å². The average Bonchev–Trinajstić information content (AvgIpc) is 1.86. The third-order valence-electron chi connectivity index (χ3n) is 1.31. The summed E-state index contributed by atoms with van der Waals surface area (Å²) in [5.41, 5.74) is 0. The van der Waals surface area contributed by atoms with Crippen molar-refractivity contribution < 1.29 is 8.96 Å². The van der Waals surface area contributed by atoms with Crippen molar-refractivity contribution in [2.24, 2.45) is 0 Å². The van der Waals surface area contributed by atoms with Crippen LogP contribution in [-0.4, -0.2) is 18.3 Å². The first-order valence-corrected chi connectivity index (χ1v) is 5.76. The van der Waals surface area contributed by atoms with Gasteiger partial charge in [0.2, 0.25) is 0 Å². The van der Waals surface area contributed by atoms with Crippen LogP contribution in [0.5, 0.6) is 0 Å². The van der Waals surface area contributed by atoms with E-state index in [0.717, 1.165) is 6.20 Å². The van der Waals surface area contributed by atoms with Crippen molar-refractivity contribution in [3.05, 3.63) is 24.3 Å². The van der Waals surface area contributed by atoms with Gasteiger partial charge in [0.05, 0.1) is 6.20 Å². The second-order valence-corrected chi connectivity index (χ2v) is 5.93. The first-order valence-electron chi connectivity index (χ1n) is 3.16. The summed E-state index contributed by atoms with van der Waals surface area (Å²) >= 11 is 0. The SMILES string of the molecule is CP(C)(=O)c1cncc(F)c1. The molecule has 0 atom stereocenters. The second-order valence-electron chi connectivity index (χ2n) is 2.71. The van der Waals surface area contributed by atoms with Crippen molar-refractivity contribution in [3.8, 4) is 0 Å². The Bertz CT molecular complexity index is 307. The number of pyridine rings is 1. The monoisotopic (exact) mass is 173 g/mol. The molecule has 0 aromatic carbocycles. The zero-order valence-corrected chi connectivity index (χ0v) is 7.31. The van der Waals surface area contributed by atoms with Crippen LogP contribution in [-0.2, 0) is 4.57 Å². The minimum absolute atomic E-state index is 0.438. The third-order valence-corrected chi connectivity index (χ3v) is 2.80. The molecule has 11 heavy (non-hydrogen) atoms. The largest absolute Gasteiger partial charge is 0.319 e. The van der Waals surface area contributed by atoms with Gasteiger partial charge in [-0.25, -0.2) is 4.39 Å². The molecule has 0 aliphatic heterocycles. The summed E-state index contributed by atoms with van der Waals surface area (Å²) in [7, 11) is -2.35. The van der Waals surface area contributed by atoms with Crippen LogP contribution in [0, 0.1) is 5.82 Å². The highest BCUT2D eigenvalue weighted by Crippen LogP contribution is 2.33. The maximum atomic E-state index is 12.5. The Hall–Kier alpha value is -0.690. The molecule has 0 saturated carbocycles. The molecule has 0 aliphatic carbocycles. The number of halogens is 1. The van der Waals surface area contributed by atoms with Crippen LogP contribution in [0.2, 0.25) is 0 Å². The fourth-order valence-corrected chi connectivity index (χ4v) is 1.47. The molecule has 1 aromatic rings. The summed E-state index contributed by atoms with van der Waals surface area (Å²) in [4.78, 5) is 3.60. The summed E-state index contributed by atoms with van der Waals surface area (Å²) in [6, 6.07) is 1.26. The second kappa shape index (κ2) is 2.74. The van der Waals surface area contributed by atoms with Gasteiger partial charge >= 0.3 is 0 Å². The van der Waals surface area contributed by atoms with Crippen LogP contribution >= 0.6 is 7.14 Å². The lowest BCUT2D eigenvalue weighted by molar-refractivity contribution is 0.587. The Labute approximate surface area is 64.8 Å². The summed E-state index contributed by atoms with van der Waals surface area (Å²) in [6.45, 7) is 3.17. The lowest BCUT2D eigenvalue weighted by atomic mass is 10.5. The van der Waals surface area contributed by atoms with Crippen molar-refractivity contribution >= 4 is 12.4 Å². The van der Waals surface area contributed by atoms with E-state index in [9.17, 15) is 8.96 Å². The van der Waals surface area contributed by atoms with Gasteiger partial charge in [-0.05, 0) is 19.4 Å². The van der Waals surface area contributed by atoms with E-state index in [1.807, 2.05) is 0 Å². The summed E-state index contributed by atoms with van der Waals surface area (Å²) in [6.07, 6.45) is 2.53. The van der Waals surface area contributed by atoms with Gasteiger partial charge in [-0.3, -0.25) is 4.98 Å². The smallest absolute Gasteiger partial charge is 0.142 e. The first kappa shape index (κ1) is 8.41. The van der Waals surface area contributed by atoms with E-state index in [0.29, 0.717) is 5.30 Å². The Morgan fingerprint density at radius 2 is 2.09 bits per heavy atom. The Morgan fingerprint density at radius 1 is 1.45 bits per heavy atom. The van der Waals surface area contributed by atoms with Gasteiger partial charge in [0, 0.05) is 11.5 Å². The van der Waals surface area contributed by atoms with Gasteiger partial charge < -0.3 is 4.57 Å². The molecule has 0 unspecified atom stereocenters. The van der Waals surface area contributed by atoms with Gasteiger partial charge in [0.1, 0.15) is 13.0 Å². The van der Waals surface area contributed by atoms with Crippen molar-refractivity contribution in [1.29, 1.82) is 0 Å². The summed E-state index contributed by atoms with van der Waals surface area (Å²) < 4.78 is 23.9. The maximum Gasteiger partial charge on any atom is 0.142 e. The summed E-state index contributed by atoms with van der Waals surface area (Å²) in [5, 5.41) is 0.484. The van der Waals surface area contributed by atoms with E-state index < -0.39 is 13.0 Å². The van der Waals surface area contributed by atoms with E-state index in [1.165, 1.54) is 12.3 Å². The fourth-order valence-electron chi connectivity index (χ4n) is 0.695. The molecule has 60 valence electrons. The predicted molar refractivity (Wildman–Crippen MR) is 43.3 cm³/mol. The zero-order valence-electron chi connectivity index (χ0n) is 6.41. The van der Waals surface area contributed by atoms with Crippen LogP contribution in [0.3, 0.4) is 0 Å². The first-order chi connectivity index (χ1) is 5.00. The summed E-state index contributed by atoms with van der Waals surface area (Å²) in [5.74, 6) is -0.438. The molecule has 1 rings (SSSR count). The highest BCUT2D eigenvalue weighted by molar-refractivity contribution is 7.70. The number of hydrogen-bond donors (Lipinski definition) is 0. The van der Waals surface area contributed by atoms with Crippen LogP contribution in [0.4, 0.5) is 4.39 Å². The normalized spacial score (nSPS) is 11.5. The van der Waals surface area contributed by atoms with Gasteiger partial charge in [-0.1, -0.05) is 0 Å². The molecular formula is C7H9FNOP. The number of hydrogen-bond acceptors (Lipinski definition) is 2. The molecule has 0 fully saturated rings. The van der Waals surface area contributed by atoms with Crippen LogP contribution < -0.4 is 5.30 Å². The Kier molecular flexibility index (Phi) is 2.10. The molecule has 1 aromatic heterocycles. The minimum atomic E-state index is -2.35. The maximum absolute atomic E-state index is 12.5. The molecule has 0 radical (unpaired) electrons. The fraction of sp³-hybridized carbons (Fsp3) is 0.286. The van der Waals surface area contributed by atoms with Gasteiger partial charge in [-0.2, -0.15) is 0 Å². The predicted octanol–water partition coefficient (Wildman–Crippen LogP) is 1.47. The molecule has 4 heteroatoms. The van der Waals surface area contributed by atoms with Crippen LogP contribution in [0.25, 0.3) is 0 Å². The number of rotatable bonds is 1. The molecule has 0 spiro atoms. The van der Waals surface area contributed by atoms with Gasteiger partial charge in [0.15, 0.2) is 0 Å². The topological polar surface area (TPSA) is 30.0 Å². The molecule has 0 amide bonds. The zero-order chi connectivity index (χ0) is 8.48. The van der Waals surface area contributed by atoms with Crippen molar-refractivity contribution in [2.45, 2.75) is 0 Å². The van der Waals surface area contributed by atoms with E-state index in [-0.39, 0.29) is 0 Å². The molecule has 0 bridgehead atoms. The Morgan fingerprint density at radius 3 is 2.45 bits per heavy atom. The highest BCUT2D eigenvalue weighted by Gasteiger charge is 2.11. The van der Waals surface area contributed by atoms with Crippen LogP contribution in [0.1, 0.15) is 0 Å². The van der Waals surface area contributed by atoms with E-state index in [4.69, 9.17) is 0 Å². The molecule has 0 saturated heterocycles. The quantitative estimate of drug-likeness (QED) is 0.602. The van der Waals surface area contributed by atoms with E-state index in [1.54, 1.807) is 13.3 Å². The molecule has 0 N–H and O–H groups in total. The molecule has 0 aliphatic rings. The van der Waals surface area contributed by atoms with Crippen molar-refractivity contribution in [2.75, 3.05) is 13.3 Å². The van der Waals surface area contributed by atoms with Crippen molar-refractivity contribution in [1.82, 2.24) is 4.98 Å². The van der Waals surface area contributed by atoms with E-state index >= 15 is 0 Å². The molecule has 2 nitrogen and oxygen atoms in total. The van der Waals surface area contributed by atoms with Gasteiger partial charge in [-0.15, -0.1) is 0 Å². The van der Waals surface area contributed by atoms with E-state index in [2.05, 4.69) is 4.98 Å². The Balaban J connectivity index is 3.17. The number of aromatic nitrogens is 1. The lowest BCUT2D eigenvalue weighted by Crippen LogP contribution is -2.04. The van der Waals surface area contributed by atoms with Gasteiger partial charge in [0.25, 0.3) is 0 Å². The molecular weight excluding hydrogens is 164 g/mol. The highest BCUT2D eigenvalue weighted by atomic mass is 31.2. The van der Waals surface area contributed by atoms with Crippen LogP contribution in [0.15, 0.2) is 18.5 Å². The lowest BCUT2D eigenvalue weighted by Gasteiger charge is -2.04. The standard InChI is InChI=1S/C7H9FNOP/c1-11(2,10)7-3-6(8)4-9-5-7/h3-5H,1-2H3.